The highest BCUT2D eigenvalue weighted by molar-refractivity contribution is 7.92. The number of aromatic nitrogens is 1. The zero-order valence-corrected chi connectivity index (χ0v) is 8.81. The summed E-state index contributed by atoms with van der Waals surface area (Å²) in [6.45, 7) is 0. The minimum absolute atomic E-state index is 0.00364. The highest BCUT2D eigenvalue weighted by Crippen LogP contribution is 2.17. The molecule has 6 nitrogen and oxygen atoms in total. The van der Waals surface area contributed by atoms with E-state index < -0.39 is 10.0 Å². The Hall–Kier alpha value is -2.02. The first-order valence-corrected chi connectivity index (χ1v) is 5.77. The smallest absolute Gasteiger partial charge is 0.262 e. The van der Waals surface area contributed by atoms with Crippen LogP contribution in [0, 0.1) is 0 Å². The molecule has 1 aromatic heterocycles. The van der Waals surface area contributed by atoms with Gasteiger partial charge in [-0.2, -0.15) is 0 Å². The Morgan fingerprint density at radius 2 is 1.94 bits per heavy atom. The van der Waals surface area contributed by atoms with E-state index in [2.05, 4.69) is 14.4 Å². The maximum atomic E-state index is 11.7. The third-order valence-electron chi connectivity index (χ3n) is 1.83. The zero-order chi connectivity index (χ0) is 11.6. The molecule has 1 aromatic carbocycles. The van der Waals surface area contributed by atoms with Crippen molar-refractivity contribution in [1.82, 2.24) is 5.16 Å². The number of sulfonamides is 1. The molecule has 16 heavy (non-hydrogen) atoms. The van der Waals surface area contributed by atoms with Crippen LogP contribution in [0.2, 0.25) is 0 Å². The lowest BCUT2D eigenvalue weighted by Crippen LogP contribution is -2.12. The van der Waals surface area contributed by atoms with Crippen LogP contribution in [-0.2, 0) is 10.0 Å². The normalized spacial score (nSPS) is 11.2. The van der Waals surface area contributed by atoms with Crippen molar-refractivity contribution in [3.8, 4) is 5.75 Å². The molecular formula is C9H8N2O4S. The highest BCUT2D eigenvalue weighted by atomic mass is 32.2. The third-order valence-corrected chi connectivity index (χ3v) is 3.23. The molecule has 0 atom stereocenters. The van der Waals surface area contributed by atoms with Gasteiger partial charge in [-0.15, -0.1) is 0 Å². The van der Waals surface area contributed by atoms with E-state index in [0.29, 0.717) is 0 Å². The molecule has 84 valence electrons. The van der Waals surface area contributed by atoms with Crippen molar-refractivity contribution in [2.24, 2.45) is 0 Å². The maximum Gasteiger partial charge on any atom is 0.262 e. The molecule has 0 bridgehead atoms. The fourth-order valence-electron chi connectivity index (χ4n) is 1.09. The van der Waals surface area contributed by atoms with Gasteiger partial charge in [0.2, 0.25) is 0 Å². The van der Waals surface area contributed by atoms with Crippen molar-refractivity contribution < 1.29 is 18.0 Å². The van der Waals surface area contributed by atoms with Crippen molar-refractivity contribution in [2.45, 2.75) is 4.90 Å². The van der Waals surface area contributed by atoms with Gasteiger partial charge < -0.3 is 9.63 Å². The number of benzene rings is 1. The number of anilines is 1. The molecule has 7 heteroatoms. The second-order valence-corrected chi connectivity index (χ2v) is 4.69. The Morgan fingerprint density at radius 1 is 1.25 bits per heavy atom. The van der Waals surface area contributed by atoms with Gasteiger partial charge in [0.05, 0.1) is 11.1 Å². The van der Waals surface area contributed by atoms with Gasteiger partial charge in [0, 0.05) is 0 Å². The van der Waals surface area contributed by atoms with Gasteiger partial charge in [0.15, 0.2) is 0 Å². The molecular weight excluding hydrogens is 232 g/mol. The minimum Gasteiger partial charge on any atom is -0.508 e. The standard InChI is InChI=1S/C9H8N2O4S/c12-8-1-3-9(4-2-8)16(13,14)11-7-5-10-15-6-7/h1-6,11-12H. The molecule has 0 aliphatic rings. The second-order valence-electron chi connectivity index (χ2n) is 3.01. The number of rotatable bonds is 3. The number of nitrogens with one attached hydrogen (secondary N) is 1. The van der Waals surface area contributed by atoms with Crippen molar-refractivity contribution in [2.75, 3.05) is 4.72 Å². The fraction of sp³-hybridized carbons (Fsp3) is 0. The summed E-state index contributed by atoms with van der Waals surface area (Å²) in [5, 5.41) is 12.4. The average Bonchev–Trinajstić information content (AvgIpc) is 2.70. The second kappa shape index (κ2) is 3.86. The van der Waals surface area contributed by atoms with Crippen LogP contribution in [-0.4, -0.2) is 18.7 Å². The lowest BCUT2D eigenvalue weighted by Gasteiger charge is -2.04. The van der Waals surface area contributed by atoms with Gasteiger partial charge in [0.25, 0.3) is 10.0 Å². The monoisotopic (exact) mass is 240 g/mol. The Bertz CT molecular complexity index is 560. The summed E-state index contributed by atoms with van der Waals surface area (Å²) in [4.78, 5) is 0.0477. The first-order chi connectivity index (χ1) is 7.58. The van der Waals surface area contributed by atoms with E-state index in [1.54, 1.807) is 0 Å². The van der Waals surface area contributed by atoms with Crippen LogP contribution in [0.4, 0.5) is 5.69 Å². The summed E-state index contributed by atoms with van der Waals surface area (Å²) in [5.41, 5.74) is 0.244. The van der Waals surface area contributed by atoms with Gasteiger partial charge in [-0.3, -0.25) is 4.72 Å². The Kier molecular flexibility index (Phi) is 2.53. The Labute approximate surface area is 91.6 Å². The van der Waals surface area contributed by atoms with E-state index in [1.165, 1.54) is 36.7 Å². The quantitative estimate of drug-likeness (QED) is 0.840. The van der Waals surface area contributed by atoms with Crippen LogP contribution in [0.3, 0.4) is 0 Å². The van der Waals surface area contributed by atoms with E-state index in [4.69, 9.17) is 5.11 Å². The number of nitrogens with zero attached hydrogens (tertiary/aromatic N) is 1. The molecule has 0 aliphatic heterocycles. The molecule has 1 heterocycles. The average molecular weight is 240 g/mol. The number of aromatic hydroxyl groups is 1. The van der Waals surface area contributed by atoms with Crippen LogP contribution in [0.5, 0.6) is 5.75 Å². The van der Waals surface area contributed by atoms with Gasteiger partial charge >= 0.3 is 0 Å². The third kappa shape index (κ3) is 2.14. The van der Waals surface area contributed by atoms with E-state index >= 15 is 0 Å². The van der Waals surface area contributed by atoms with Crippen molar-refractivity contribution in [1.29, 1.82) is 0 Å². The molecule has 0 spiro atoms. The van der Waals surface area contributed by atoms with Crippen molar-refractivity contribution in [3.63, 3.8) is 0 Å². The SMILES string of the molecule is O=S(=O)(Nc1cnoc1)c1ccc(O)cc1. The van der Waals surface area contributed by atoms with Gasteiger partial charge in [0.1, 0.15) is 17.7 Å². The van der Waals surface area contributed by atoms with E-state index in [-0.39, 0.29) is 16.3 Å². The van der Waals surface area contributed by atoms with Crippen LogP contribution < -0.4 is 4.72 Å². The van der Waals surface area contributed by atoms with Gasteiger partial charge in [-0.1, -0.05) is 5.16 Å². The molecule has 0 aliphatic carbocycles. The summed E-state index contributed by atoms with van der Waals surface area (Å²) < 4.78 is 30.3. The Balaban J connectivity index is 2.29. The van der Waals surface area contributed by atoms with E-state index in [0.717, 1.165) is 0 Å². The Morgan fingerprint density at radius 3 is 2.50 bits per heavy atom. The van der Waals surface area contributed by atoms with Crippen molar-refractivity contribution >= 4 is 15.7 Å². The van der Waals surface area contributed by atoms with Crippen molar-refractivity contribution in [3.05, 3.63) is 36.7 Å². The molecule has 2 rings (SSSR count). The molecule has 2 N–H and O–H groups in total. The maximum absolute atomic E-state index is 11.7. The van der Waals surface area contributed by atoms with E-state index in [9.17, 15) is 8.42 Å². The zero-order valence-electron chi connectivity index (χ0n) is 7.99. The summed E-state index contributed by atoms with van der Waals surface area (Å²) >= 11 is 0. The van der Waals surface area contributed by atoms with Crippen LogP contribution in [0.25, 0.3) is 0 Å². The summed E-state index contributed by atoms with van der Waals surface area (Å²) in [6, 6.07) is 5.18. The minimum atomic E-state index is -3.66. The molecule has 0 amide bonds. The van der Waals surface area contributed by atoms with Gasteiger partial charge in [-0.25, -0.2) is 8.42 Å². The molecule has 0 saturated heterocycles. The predicted octanol–water partition coefficient (Wildman–Crippen LogP) is 1.18. The summed E-state index contributed by atoms with van der Waals surface area (Å²) in [6.07, 6.45) is 2.43. The molecule has 0 radical (unpaired) electrons. The lowest BCUT2D eigenvalue weighted by molar-refractivity contribution is 0.420. The number of hydrogen-bond acceptors (Lipinski definition) is 5. The van der Waals surface area contributed by atoms with Crippen LogP contribution in [0.15, 0.2) is 46.1 Å². The first-order valence-electron chi connectivity index (χ1n) is 4.29. The molecule has 0 saturated carbocycles. The lowest BCUT2D eigenvalue weighted by atomic mass is 10.3. The van der Waals surface area contributed by atoms with E-state index in [1.807, 2.05) is 0 Å². The number of phenols is 1. The number of hydrogen-bond donors (Lipinski definition) is 2. The van der Waals surface area contributed by atoms with Crippen LogP contribution in [0.1, 0.15) is 0 Å². The molecule has 0 fully saturated rings. The predicted molar refractivity (Wildman–Crippen MR) is 55.4 cm³/mol. The number of phenolic OH excluding ortho intramolecular Hbond substituents is 1. The summed E-state index contributed by atoms with van der Waals surface area (Å²) in [5.74, 6) is 0.00364. The fourth-order valence-corrected chi connectivity index (χ4v) is 2.12. The molecule has 2 aromatic rings. The van der Waals surface area contributed by atoms with Crippen LogP contribution >= 0.6 is 0 Å². The summed E-state index contributed by atoms with van der Waals surface area (Å²) in [7, 11) is -3.66. The largest absolute Gasteiger partial charge is 0.508 e. The van der Waals surface area contributed by atoms with Gasteiger partial charge in [-0.05, 0) is 24.3 Å². The molecule has 0 unspecified atom stereocenters. The topological polar surface area (TPSA) is 92.4 Å². The highest BCUT2D eigenvalue weighted by Gasteiger charge is 2.14. The first kappa shape index (κ1) is 10.5.